The van der Waals surface area contributed by atoms with E-state index >= 15 is 0 Å². The molecule has 2 unspecified atom stereocenters. The third-order valence-electron chi connectivity index (χ3n) is 4.71. The van der Waals surface area contributed by atoms with Crippen molar-refractivity contribution in [3.63, 3.8) is 0 Å². The quantitative estimate of drug-likeness (QED) is 0.883. The minimum Gasteiger partial charge on any atom is -0.352 e. The van der Waals surface area contributed by atoms with Gasteiger partial charge in [0.15, 0.2) is 0 Å². The summed E-state index contributed by atoms with van der Waals surface area (Å²) in [5.41, 5.74) is 3.32. The fourth-order valence-electron chi connectivity index (χ4n) is 3.32. The van der Waals surface area contributed by atoms with Crippen molar-refractivity contribution in [2.24, 2.45) is 24.8 Å². The van der Waals surface area contributed by atoms with Crippen LogP contribution in [0.5, 0.6) is 0 Å². The minimum absolute atomic E-state index is 0.241. The number of fused-ring (bicyclic) bond motifs is 1. The Morgan fingerprint density at radius 2 is 2.00 bits per heavy atom. The smallest absolute Gasteiger partial charge is 0.223 e. The van der Waals surface area contributed by atoms with Crippen molar-refractivity contribution in [3.05, 3.63) is 17.0 Å². The number of hydrogen-bond donors (Lipinski definition) is 1. The van der Waals surface area contributed by atoms with Crippen LogP contribution < -0.4 is 5.32 Å². The molecule has 0 aromatic carbocycles. The molecular formula is C14H21N3O. The van der Waals surface area contributed by atoms with Gasteiger partial charge in [-0.25, -0.2) is 0 Å². The Kier molecular flexibility index (Phi) is 2.68. The molecule has 0 aliphatic heterocycles. The van der Waals surface area contributed by atoms with Gasteiger partial charge in [-0.05, 0) is 44.9 Å². The first-order valence-corrected chi connectivity index (χ1v) is 6.83. The Morgan fingerprint density at radius 1 is 1.33 bits per heavy atom. The fraction of sp³-hybridized carbons (Fsp3) is 0.714. The Balaban J connectivity index is 1.58. The molecule has 2 fully saturated rings. The zero-order valence-electron chi connectivity index (χ0n) is 11.4. The molecule has 98 valence electrons. The first-order valence-electron chi connectivity index (χ1n) is 6.83. The Hall–Kier alpha value is -1.32. The molecule has 2 aliphatic rings. The number of amides is 1. The monoisotopic (exact) mass is 247 g/mol. The van der Waals surface area contributed by atoms with E-state index in [1.807, 2.05) is 25.6 Å². The Morgan fingerprint density at radius 3 is 2.56 bits per heavy atom. The highest BCUT2D eigenvalue weighted by atomic mass is 16.1. The molecule has 0 spiro atoms. The molecule has 2 aliphatic carbocycles. The van der Waals surface area contributed by atoms with Gasteiger partial charge in [0, 0.05) is 30.8 Å². The van der Waals surface area contributed by atoms with Gasteiger partial charge in [0.05, 0.1) is 5.69 Å². The zero-order valence-corrected chi connectivity index (χ0v) is 11.4. The normalized spacial score (nSPS) is 29.2. The van der Waals surface area contributed by atoms with Crippen LogP contribution in [0.1, 0.15) is 36.2 Å². The van der Waals surface area contributed by atoms with Gasteiger partial charge in [-0.15, -0.1) is 0 Å². The second kappa shape index (κ2) is 4.11. The fourth-order valence-corrected chi connectivity index (χ4v) is 3.32. The van der Waals surface area contributed by atoms with Crippen molar-refractivity contribution < 1.29 is 4.79 Å². The van der Waals surface area contributed by atoms with Crippen LogP contribution in [0.3, 0.4) is 0 Å². The number of hydrogen-bond acceptors (Lipinski definition) is 2. The molecule has 0 bridgehead atoms. The molecule has 1 N–H and O–H groups in total. The zero-order chi connectivity index (χ0) is 12.9. The van der Waals surface area contributed by atoms with Crippen molar-refractivity contribution in [1.82, 2.24) is 15.1 Å². The topological polar surface area (TPSA) is 46.9 Å². The summed E-state index contributed by atoms with van der Waals surface area (Å²) >= 11 is 0. The highest BCUT2D eigenvalue weighted by Gasteiger charge is 2.47. The van der Waals surface area contributed by atoms with Crippen molar-refractivity contribution in [2.45, 2.75) is 39.7 Å². The van der Waals surface area contributed by atoms with E-state index in [1.54, 1.807) is 0 Å². The third-order valence-corrected chi connectivity index (χ3v) is 4.71. The number of carbonyl (C=O) groups excluding carboxylic acids is 1. The molecule has 4 nitrogen and oxygen atoms in total. The van der Waals surface area contributed by atoms with E-state index in [0.717, 1.165) is 41.6 Å². The lowest BCUT2D eigenvalue weighted by atomic mass is 10.0. The summed E-state index contributed by atoms with van der Waals surface area (Å²) < 4.78 is 1.88. The summed E-state index contributed by atoms with van der Waals surface area (Å²) in [4.78, 5) is 12.1. The summed E-state index contributed by atoms with van der Waals surface area (Å²) in [6.07, 6.45) is 3.59. The second-order valence-electron chi connectivity index (χ2n) is 5.91. The number of aromatic nitrogens is 2. The van der Waals surface area contributed by atoms with Crippen LogP contribution in [0.25, 0.3) is 0 Å². The van der Waals surface area contributed by atoms with Crippen LogP contribution in [-0.2, 0) is 18.4 Å². The van der Waals surface area contributed by atoms with Gasteiger partial charge in [-0.2, -0.15) is 5.10 Å². The lowest BCUT2D eigenvalue weighted by Crippen LogP contribution is -2.29. The van der Waals surface area contributed by atoms with Gasteiger partial charge in [-0.1, -0.05) is 0 Å². The lowest BCUT2D eigenvalue weighted by molar-refractivity contribution is -0.125. The highest BCUT2D eigenvalue weighted by molar-refractivity contribution is 5.79. The Bertz CT molecular complexity index is 481. The van der Waals surface area contributed by atoms with Crippen molar-refractivity contribution >= 4 is 5.91 Å². The van der Waals surface area contributed by atoms with E-state index in [0.29, 0.717) is 6.54 Å². The molecule has 0 saturated heterocycles. The van der Waals surface area contributed by atoms with Crippen molar-refractivity contribution in [2.75, 3.05) is 0 Å². The predicted octanol–water partition coefficient (Wildman–Crippen LogP) is 1.70. The van der Waals surface area contributed by atoms with Gasteiger partial charge in [0.1, 0.15) is 0 Å². The first-order chi connectivity index (χ1) is 8.56. The number of carbonyl (C=O) groups is 1. The van der Waals surface area contributed by atoms with E-state index in [9.17, 15) is 4.79 Å². The van der Waals surface area contributed by atoms with Crippen LogP contribution in [0.15, 0.2) is 0 Å². The van der Waals surface area contributed by atoms with E-state index in [2.05, 4.69) is 10.4 Å². The maximum Gasteiger partial charge on any atom is 0.223 e. The Labute approximate surface area is 108 Å². The van der Waals surface area contributed by atoms with Gasteiger partial charge in [0.2, 0.25) is 5.91 Å². The number of rotatable bonds is 3. The number of aryl methyl sites for hydroxylation is 2. The van der Waals surface area contributed by atoms with Gasteiger partial charge in [-0.3, -0.25) is 9.48 Å². The average Bonchev–Trinajstić information content (AvgIpc) is 2.86. The molecule has 2 saturated carbocycles. The highest BCUT2D eigenvalue weighted by Crippen LogP contribution is 2.54. The number of nitrogens with zero attached hydrogens (tertiary/aromatic N) is 2. The van der Waals surface area contributed by atoms with Gasteiger partial charge >= 0.3 is 0 Å². The molecule has 4 heteroatoms. The largest absolute Gasteiger partial charge is 0.352 e. The number of nitrogens with one attached hydrogen (secondary N) is 1. The molecule has 0 radical (unpaired) electrons. The summed E-state index contributed by atoms with van der Waals surface area (Å²) in [6, 6.07) is 0. The van der Waals surface area contributed by atoms with Crippen LogP contribution in [0.2, 0.25) is 0 Å². The summed E-state index contributed by atoms with van der Waals surface area (Å²) in [5.74, 6) is 2.24. The predicted molar refractivity (Wildman–Crippen MR) is 68.8 cm³/mol. The van der Waals surface area contributed by atoms with Crippen LogP contribution in [0, 0.1) is 31.6 Å². The van der Waals surface area contributed by atoms with E-state index in [1.165, 1.54) is 6.42 Å². The summed E-state index contributed by atoms with van der Waals surface area (Å²) in [5, 5.41) is 7.46. The SMILES string of the molecule is Cc1nn(C)c(C)c1CNC(=O)C1CC2CC2C1. The maximum absolute atomic E-state index is 12.1. The molecule has 18 heavy (non-hydrogen) atoms. The summed E-state index contributed by atoms with van der Waals surface area (Å²) in [6.45, 7) is 4.67. The van der Waals surface area contributed by atoms with Crippen LogP contribution in [0.4, 0.5) is 0 Å². The van der Waals surface area contributed by atoms with E-state index in [4.69, 9.17) is 0 Å². The van der Waals surface area contributed by atoms with E-state index < -0.39 is 0 Å². The maximum atomic E-state index is 12.1. The molecule has 1 amide bonds. The molecule has 3 rings (SSSR count). The third kappa shape index (κ3) is 1.93. The van der Waals surface area contributed by atoms with Crippen LogP contribution in [-0.4, -0.2) is 15.7 Å². The van der Waals surface area contributed by atoms with Gasteiger partial charge in [0.25, 0.3) is 0 Å². The summed E-state index contributed by atoms with van der Waals surface area (Å²) in [7, 11) is 1.94. The lowest BCUT2D eigenvalue weighted by Gasteiger charge is -2.12. The average molecular weight is 247 g/mol. The van der Waals surface area contributed by atoms with Crippen molar-refractivity contribution in [3.8, 4) is 0 Å². The molecule has 1 aromatic rings. The molecule has 1 heterocycles. The van der Waals surface area contributed by atoms with Crippen molar-refractivity contribution in [1.29, 1.82) is 0 Å². The molecule has 2 atom stereocenters. The second-order valence-corrected chi connectivity index (χ2v) is 5.91. The first kappa shape index (κ1) is 11.8. The minimum atomic E-state index is 0.241. The van der Waals surface area contributed by atoms with Gasteiger partial charge < -0.3 is 5.32 Å². The standard InChI is InChI=1S/C14H21N3O/c1-8-13(9(2)17(3)16-8)7-15-14(18)12-5-10-4-11(10)6-12/h10-12H,4-7H2,1-3H3,(H,15,18). The van der Waals surface area contributed by atoms with Crippen LogP contribution >= 0.6 is 0 Å². The van der Waals surface area contributed by atoms with E-state index in [-0.39, 0.29) is 11.8 Å². The molecular weight excluding hydrogens is 226 g/mol. The molecule has 1 aromatic heterocycles.